The smallest absolute Gasteiger partial charge is 0.336 e. The number of pyridine rings is 4. The number of nitrogens with zero attached hydrogens (tertiary/aromatic N) is 12. The predicted molar refractivity (Wildman–Crippen MR) is 435 cm³/mol. The monoisotopic (exact) mass is 1680 g/mol. The molecule has 0 radical (unpaired) electrons. The Balaban J connectivity index is 0.000000235. The van der Waals surface area contributed by atoms with Gasteiger partial charge in [-0.25, -0.2) is 74.2 Å². The van der Waals surface area contributed by atoms with Crippen LogP contribution in [0.2, 0.25) is 0 Å². The first kappa shape index (κ1) is 89.8. The van der Waals surface area contributed by atoms with Gasteiger partial charge in [-0.3, -0.25) is 9.18 Å². The van der Waals surface area contributed by atoms with Crippen molar-refractivity contribution in [2.75, 3.05) is 142 Å². The van der Waals surface area contributed by atoms with Crippen LogP contribution in [0.1, 0.15) is 88.1 Å². The maximum absolute atomic E-state index is 13.6. The molecule has 5 saturated heterocycles. The van der Waals surface area contributed by atoms with Crippen LogP contribution in [-0.2, 0) is 30.1 Å². The Morgan fingerprint density at radius 2 is 0.850 bits per heavy atom. The number of alkyl halides is 1. The number of aromatic nitrogens is 4. The summed E-state index contributed by atoms with van der Waals surface area (Å²) in [5.74, 6) is -2.19. The number of carboxylic acid groups (broad SMARTS) is 1. The number of hydrogen-bond donors (Lipinski definition) is 9. The molecule has 0 unspecified atom stereocenters. The van der Waals surface area contributed by atoms with Crippen molar-refractivity contribution in [3.63, 3.8) is 0 Å². The molecule has 0 bridgehead atoms. The number of nitriles is 3. The summed E-state index contributed by atoms with van der Waals surface area (Å²) in [5, 5.41) is 66.5. The second kappa shape index (κ2) is 45.3. The van der Waals surface area contributed by atoms with E-state index in [-0.39, 0.29) is 32.4 Å². The number of halogens is 4. The van der Waals surface area contributed by atoms with Gasteiger partial charge < -0.3 is 56.2 Å². The topological polar surface area (TPSA) is 434 Å². The normalized spacial score (nSPS) is 15.1. The molecule has 604 valence electrons. The van der Waals surface area contributed by atoms with Gasteiger partial charge in [0.15, 0.2) is 21.7 Å². The number of amides is 1. The molecule has 0 saturated carbocycles. The number of nitrogens with two attached hydrogens (primary N) is 3. The fourth-order valence-electron chi connectivity index (χ4n) is 12.6. The van der Waals surface area contributed by atoms with Gasteiger partial charge in [0.05, 0.1) is 54.0 Å². The molecule has 5 aliphatic rings. The first-order valence-electron chi connectivity index (χ1n) is 36.5. The van der Waals surface area contributed by atoms with Gasteiger partial charge in [0, 0.05) is 165 Å². The molecule has 12 N–H and O–H groups in total. The van der Waals surface area contributed by atoms with Crippen molar-refractivity contribution in [2.45, 2.75) is 87.5 Å². The lowest BCUT2D eigenvalue weighted by atomic mass is 9.99. The molecule has 4 aromatic heterocycles. The minimum absolute atomic E-state index is 0.0361. The third-order valence-electron chi connectivity index (χ3n) is 18.1. The number of rotatable bonds is 13. The number of carbonyl (C=O) groups excluding carboxylic acids is 1. The Kier molecular flexibility index (Phi) is 36.0. The fraction of sp³-hybridized carbons (Fsp3) is 0.364. The van der Waals surface area contributed by atoms with Crippen molar-refractivity contribution in [1.29, 1.82) is 15.8 Å². The third-order valence-corrected chi connectivity index (χ3v) is 21.2. The van der Waals surface area contributed by atoms with E-state index in [0.717, 1.165) is 161 Å². The lowest BCUT2D eigenvalue weighted by Crippen LogP contribution is -2.49. The molecule has 36 heteroatoms. The Morgan fingerprint density at radius 3 is 1.21 bits per heavy atom. The molecule has 0 spiro atoms. The molecule has 5 fully saturated rings. The van der Waals surface area contributed by atoms with Crippen LogP contribution in [0.3, 0.4) is 0 Å². The predicted octanol–water partition coefficient (Wildman–Crippen LogP) is 8.50. The van der Waals surface area contributed by atoms with Crippen molar-refractivity contribution < 1.29 is 54.5 Å². The van der Waals surface area contributed by atoms with Crippen LogP contribution in [0.4, 0.5) is 47.3 Å². The van der Waals surface area contributed by atoms with Gasteiger partial charge in [-0.05, 0) is 176 Å². The molecular formula is C77H96BrF3N20O9S3. The minimum atomic E-state index is -4.02. The summed E-state index contributed by atoms with van der Waals surface area (Å²) in [5.41, 5.74) is 11.2. The van der Waals surface area contributed by atoms with Gasteiger partial charge in [-0.2, -0.15) is 15.8 Å². The maximum atomic E-state index is 13.6. The average molecular weight is 1680 g/mol. The van der Waals surface area contributed by atoms with Gasteiger partial charge >= 0.3 is 5.97 Å². The van der Waals surface area contributed by atoms with E-state index >= 15 is 0 Å². The molecule has 1 amide bonds. The number of para-hydroxylation sites is 2. The fourth-order valence-corrected chi connectivity index (χ4v) is 14.8. The van der Waals surface area contributed by atoms with Crippen LogP contribution in [0, 0.1) is 73.3 Å². The summed E-state index contributed by atoms with van der Waals surface area (Å²) in [4.78, 5) is 49.9. The quantitative estimate of drug-likeness (QED) is 0.0488. The highest BCUT2D eigenvalue weighted by atomic mass is 79.9. The molecule has 8 aromatic rings. The first-order chi connectivity index (χ1) is 54.4. The highest BCUT2D eigenvalue weighted by molar-refractivity contribution is 9.10. The Bertz CT molecular complexity index is 4950. The molecule has 9 heterocycles. The van der Waals surface area contributed by atoms with Crippen molar-refractivity contribution in [2.24, 2.45) is 15.4 Å². The Morgan fingerprint density at radius 1 is 0.504 bits per heavy atom. The van der Waals surface area contributed by atoms with Crippen molar-refractivity contribution >= 4 is 92.0 Å². The summed E-state index contributed by atoms with van der Waals surface area (Å²) in [6, 6.07) is 41.9. The summed E-state index contributed by atoms with van der Waals surface area (Å²) in [7, 11) is -12.7. The molecule has 5 aliphatic heterocycles. The number of carbonyl (C=O) groups is 2. The van der Waals surface area contributed by atoms with E-state index < -0.39 is 54.0 Å². The number of sulfonamides is 3. The number of nitrogens with one attached hydrogen (secondary N) is 5. The second-order valence-electron chi connectivity index (χ2n) is 25.9. The number of benzene rings is 4. The standard InChI is InChI=1S/C30H35N7O3S.C21H23N3O2.C9H14N4O2S.C5H3BrFN.C5H5FN2O2S.C4H10N2.C2H3N.CH3F/c1-21-18-22(2)26(34-24-9-12-35(13-10-24)27-7-4-3-6-23(27)20-31)19-25(21)30(38)37-16-14-36(15-17-37)28-8-5-11-33-29(28)41(32,39)40;1-14-11-15(2)19(12-18(14)21(25)26)23-17-7-9-24(10-8-17)20-6-4-3-5-16(20)13-22;10-16(14,15)9-8(2-1-3-12-9)13-6-4-11-5-7-13;6-5-4(7)2-1-3-8-5;6-4-2-1-3-8-5(4)11(7,9)10;1-2-6-4-3-5-1;1-2-3;1-2/h3-8,11,18-19,24,34H,9-10,12-17H2,1-2H3,(H2,32,39,40);3-6,11-12,17,23H,7-10H2,1-2H3,(H,25,26);1-3,11H,4-7H2,(H2,10,14,15);1-3H;1-3H,(H2,7,9,10);5-6H,1-4H2;1H3;1H3/i;;;;;;;1D. The van der Waals surface area contributed by atoms with E-state index in [1.807, 2.05) is 96.1 Å². The zero-order chi connectivity index (χ0) is 83.5. The number of carboxylic acids is 1. The van der Waals surface area contributed by atoms with E-state index in [4.69, 9.17) is 16.9 Å². The largest absolute Gasteiger partial charge is 0.478 e. The molecule has 29 nitrogen and oxygen atoms in total. The number of hydrogen-bond acceptors (Lipinski definition) is 24. The van der Waals surface area contributed by atoms with Gasteiger partial charge in [0.25, 0.3) is 36.0 Å². The number of primary sulfonamides is 3. The third kappa shape index (κ3) is 28.0. The van der Waals surface area contributed by atoms with E-state index in [1.54, 1.807) is 42.5 Å². The summed E-state index contributed by atoms with van der Waals surface area (Å²) >= 11 is 2.91. The number of anilines is 6. The summed E-state index contributed by atoms with van der Waals surface area (Å²) < 4.78 is 108. The molecular weight excluding hydrogens is 1580 g/mol. The molecule has 0 aliphatic carbocycles. The van der Waals surface area contributed by atoms with Crippen LogP contribution < -0.4 is 61.6 Å². The van der Waals surface area contributed by atoms with E-state index in [9.17, 15) is 63.6 Å². The van der Waals surface area contributed by atoms with Crippen molar-refractivity contribution in [3.8, 4) is 18.2 Å². The zero-order valence-corrected chi connectivity index (χ0v) is 67.4. The number of piperidine rings is 2. The highest BCUT2D eigenvalue weighted by Gasteiger charge is 2.30. The summed E-state index contributed by atoms with van der Waals surface area (Å²) in [6.07, 6.45) is 9.25. The number of aryl methyl sites for hydroxylation is 4. The van der Waals surface area contributed by atoms with Gasteiger partial charge in [0.2, 0.25) is 5.03 Å². The maximum Gasteiger partial charge on any atom is 0.336 e. The highest BCUT2D eigenvalue weighted by Crippen LogP contribution is 2.32. The van der Waals surface area contributed by atoms with Crippen molar-refractivity contribution in [1.82, 2.24) is 40.8 Å². The number of piperazine rings is 3. The number of aromatic carboxylic acids is 1. The summed E-state index contributed by atoms with van der Waals surface area (Å²) in [6.45, 7) is 22.3. The SMILES string of the molecule is C1CNCCN1.CC#N.Cc1cc(C)c(C(=O)N2CCN(c3cccnc3S(N)(=O)=O)CC2)cc1NC1CCN(c2ccccc2C#N)CC1.Cc1cc(C)c(C(=O)O)cc1NC1CCN(c2ccccc2C#N)CC1.Fc1cccnc1Br.NS(=O)(=O)c1ncccc1F.NS(=O)(=O)c1ncccc1N1CCNCC1.[2H]CF. The lowest BCUT2D eigenvalue weighted by Gasteiger charge is -2.37. The minimum Gasteiger partial charge on any atom is -0.478 e. The van der Waals surface area contributed by atoms with Gasteiger partial charge in [-0.15, -0.1) is 0 Å². The van der Waals surface area contributed by atoms with Crippen LogP contribution in [0.5, 0.6) is 0 Å². The van der Waals surface area contributed by atoms with Crippen LogP contribution in [0.15, 0.2) is 166 Å². The molecule has 13 rings (SSSR count). The van der Waals surface area contributed by atoms with Crippen LogP contribution in [-0.4, -0.2) is 191 Å². The lowest BCUT2D eigenvalue weighted by molar-refractivity contribution is 0.0694. The molecule has 113 heavy (non-hydrogen) atoms. The Hall–Kier alpha value is -10.4. The molecule has 4 aromatic carbocycles. The van der Waals surface area contributed by atoms with E-state index in [1.165, 1.54) is 37.6 Å². The van der Waals surface area contributed by atoms with E-state index in [0.29, 0.717) is 65.8 Å². The molecule has 0 atom stereocenters. The first-order valence-corrected chi connectivity index (χ1v) is 41.2. The van der Waals surface area contributed by atoms with Gasteiger partial charge in [-0.1, -0.05) is 36.4 Å². The second-order valence-corrected chi connectivity index (χ2v) is 31.1. The average Bonchev–Trinajstić information content (AvgIpc) is 0.972. The van der Waals surface area contributed by atoms with E-state index in [2.05, 4.69) is 103 Å². The van der Waals surface area contributed by atoms with Crippen molar-refractivity contribution in [3.05, 3.63) is 207 Å². The Labute approximate surface area is 669 Å². The van der Waals surface area contributed by atoms with Crippen LogP contribution in [0.25, 0.3) is 0 Å². The van der Waals surface area contributed by atoms with Crippen LogP contribution >= 0.6 is 15.9 Å². The van der Waals surface area contributed by atoms with Gasteiger partial charge in [0.1, 0.15) is 16.7 Å². The zero-order valence-electron chi connectivity index (χ0n) is 64.4.